The number of carbonyl (C=O) groups is 2. The highest BCUT2D eigenvalue weighted by atomic mass is 35.5. The van der Waals surface area contributed by atoms with E-state index in [1.807, 2.05) is 0 Å². The van der Waals surface area contributed by atoms with Gasteiger partial charge in [0, 0.05) is 15.7 Å². The van der Waals surface area contributed by atoms with E-state index in [9.17, 15) is 22.8 Å². The average molecular weight is 457 g/mol. The van der Waals surface area contributed by atoms with Crippen LogP contribution in [0, 0.1) is 0 Å². The van der Waals surface area contributed by atoms with Gasteiger partial charge in [-0.2, -0.15) is 13.2 Å². The number of furan rings is 1. The lowest BCUT2D eigenvalue weighted by molar-refractivity contribution is -0.136. The Labute approximate surface area is 178 Å². The molecule has 3 aromatic rings. The maximum Gasteiger partial charge on any atom is 0.418 e. The van der Waals surface area contributed by atoms with Crippen LogP contribution in [0.15, 0.2) is 59.2 Å². The second-order valence-electron chi connectivity index (χ2n) is 6.11. The van der Waals surface area contributed by atoms with Crippen LogP contribution in [-0.2, 0) is 17.4 Å². The van der Waals surface area contributed by atoms with Crippen molar-refractivity contribution in [3.63, 3.8) is 0 Å². The number of nitrogens with one attached hydrogen (secondary N) is 2. The van der Waals surface area contributed by atoms with Crippen LogP contribution in [0.2, 0.25) is 10.0 Å². The number of amides is 2. The van der Waals surface area contributed by atoms with E-state index in [1.165, 1.54) is 36.6 Å². The summed E-state index contributed by atoms with van der Waals surface area (Å²) < 4.78 is 45.5. The van der Waals surface area contributed by atoms with E-state index >= 15 is 0 Å². The van der Waals surface area contributed by atoms with E-state index in [-0.39, 0.29) is 27.9 Å². The van der Waals surface area contributed by atoms with E-state index in [1.54, 1.807) is 6.07 Å². The minimum Gasteiger partial charge on any atom is -0.459 e. The van der Waals surface area contributed by atoms with Gasteiger partial charge in [0.2, 0.25) is 5.91 Å². The lowest BCUT2D eigenvalue weighted by Gasteiger charge is -2.16. The zero-order valence-corrected chi connectivity index (χ0v) is 16.5. The number of halogens is 5. The van der Waals surface area contributed by atoms with Crippen molar-refractivity contribution < 1.29 is 27.2 Å². The Morgan fingerprint density at radius 3 is 2.27 bits per heavy atom. The molecule has 0 fully saturated rings. The largest absolute Gasteiger partial charge is 0.459 e. The minimum atomic E-state index is -4.78. The third-order valence-electron chi connectivity index (χ3n) is 4.00. The first-order chi connectivity index (χ1) is 14.1. The molecular weight excluding hydrogens is 444 g/mol. The van der Waals surface area contributed by atoms with Gasteiger partial charge in [-0.15, -0.1) is 0 Å². The maximum atomic E-state index is 13.5. The number of hydrogen-bond donors (Lipinski definition) is 2. The number of hydrogen-bond acceptors (Lipinski definition) is 3. The van der Waals surface area contributed by atoms with Crippen molar-refractivity contribution in [2.45, 2.75) is 12.6 Å². The van der Waals surface area contributed by atoms with E-state index in [0.29, 0.717) is 5.56 Å². The Bertz CT molecular complexity index is 1060. The summed E-state index contributed by atoms with van der Waals surface area (Å²) in [5, 5.41) is 4.99. The third-order valence-corrected chi connectivity index (χ3v) is 4.71. The van der Waals surface area contributed by atoms with Gasteiger partial charge in [0.05, 0.1) is 23.9 Å². The molecule has 0 saturated carbocycles. The highest BCUT2D eigenvalue weighted by molar-refractivity contribution is 6.36. The fourth-order valence-electron chi connectivity index (χ4n) is 2.62. The molecule has 3 rings (SSSR count). The molecule has 10 heteroatoms. The van der Waals surface area contributed by atoms with Gasteiger partial charge in [-0.3, -0.25) is 9.59 Å². The monoisotopic (exact) mass is 456 g/mol. The fraction of sp³-hybridized carbons (Fsp3) is 0.100. The first kappa shape index (κ1) is 21.7. The van der Waals surface area contributed by atoms with Gasteiger partial charge in [0.15, 0.2) is 5.76 Å². The molecular formula is C20H13Cl2F3N2O3. The molecule has 5 nitrogen and oxygen atoms in total. The van der Waals surface area contributed by atoms with Gasteiger partial charge in [-0.05, 0) is 48.0 Å². The molecule has 0 radical (unpaired) electrons. The highest BCUT2D eigenvalue weighted by Gasteiger charge is 2.34. The van der Waals surface area contributed by atoms with Crippen LogP contribution in [0.5, 0.6) is 0 Å². The fourth-order valence-corrected chi connectivity index (χ4v) is 3.15. The molecule has 156 valence electrons. The maximum absolute atomic E-state index is 13.5. The van der Waals surface area contributed by atoms with Crippen LogP contribution >= 0.6 is 23.2 Å². The Morgan fingerprint density at radius 1 is 0.967 bits per heavy atom. The van der Waals surface area contributed by atoms with Crippen molar-refractivity contribution in [1.82, 2.24) is 0 Å². The van der Waals surface area contributed by atoms with Crippen molar-refractivity contribution in [3.8, 4) is 0 Å². The topological polar surface area (TPSA) is 71.3 Å². The summed E-state index contributed by atoms with van der Waals surface area (Å²) in [6.45, 7) is 0. The predicted octanol–water partition coefficient (Wildman–Crippen LogP) is 6.04. The molecule has 0 aliphatic heterocycles. The van der Waals surface area contributed by atoms with Crippen molar-refractivity contribution in [2.24, 2.45) is 0 Å². The summed E-state index contributed by atoms with van der Waals surface area (Å²) in [7, 11) is 0. The Hall–Kier alpha value is -2.97. The minimum absolute atomic E-state index is 0.0578. The number of carbonyl (C=O) groups excluding carboxylic acids is 2. The van der Waals surface area contributed by atoms with E-state index in [4.69, 9.17) is 27.6 Å². The normalized spacial score (nSPS) is 11.2. The molecule has 0 aliphatic rings. The molecule has 2 amide bonds. The van der Waals surface area contributed by atoms with Gasteiger partial charge in [0.1, 0.15) is 0 Å². The van der Waals surface area contributed by atoms with Crippen LogP contribution in [0.3, 0.4) is 0 Å². The average Bonchev–Trinajstić information content (AvgIpc) is 3.20. The number of anilines is 2. The zero-order chi connectivity index (χ0) is 21.9. The van der Waals surface area contributed by atoms with Crippen molar-refractivity contribution in [2.75, 3.05) is 10.6 Å². The lowest BCUT2D eigenvalue weighted by atomic mass is 10.1. The van der Waals surface area contributed by atoms with Crippen LogP contribution < -0.4 is 10.6 Å². The molecule has 1 heterocycles. The summed E-state index contributed by atoms with van der Waals surface area (Å²) in [6, 6.07) is 10.5. The first-order valence-electron chi connectivity index (χ1n) is 8.44. The quantitative estimate of drug-likeness (QED) is 0.491. The van der Waals surface area contributed by atoms with E-state index in [2.05, 4.69) is 10.6 Å². The molecule has 0 spiro atoms. The first-order valence-corrected chi connectivity index (χ1v) is 9.19. The summed E-state index contributed by atoms with van der Waals surface area (Å²) in [4.78, 5) is 24.3. The molecule has 2 aromatic carbocycles. The highest BCUT2D eigenvalue weighted by Crippen LogP contribution is 2.37. The molecule has 0 saturated heterocycles. The second-order valence-corrected chi connectivity index (χ2v) is 6.93. The van der Waals surface area contributed by atoms with Crippen LogP contribution in [0.1, 0.15) is 21.7 Å². The Kier molecular flexibility index (Phi) is 6.38. The number of benzene rings is 2. The summed E-state index contributed by atoms with van der Waals surface area (Å²) in [5.74, 6) is -1.50. The number of rotatable bonds is 5. The standard InChI is InChI=1S/C20H13Cl2F3N2O3/c21-14-3-1-4-15(22)12(14)10-18(28)27-16-7-6-11(9-13(16)20(23,24)25)26-19(29)17-5-2-8-30-17/h1-9H,10H2,(H,26,29)(H,27,28). The molecule has 0 aliphatic carbocycles. The Morgan fingerprint density at radius 2 is 1.67 bits per heavy atom. The number of alkyl halides is 3. The van der Waals surface area contributed by atoms with Crippen molar-refractivity contribution in [1.29, 1.82) is 0 Å². The van der Waals surface area contributed by atoms with E-state index < -0.39 is 29.2 Å². The summed E-state index contributed by atoms with van der Waals surface area (Å²) >= 11 is 12.0. The van der Waals surface area contributed by atoms with Crippen LogP contribution in [0.4, 0.5) is 24.5 Å². The molecule has 0 unspecified atom stereocenters. The van der Waals surface area contributed by atoms with Crippen molar-refractivity contribution in [3.05, 3.63) is 81.7 Å². The molecule has 0 bridgehead atoms. The second kappa shape index (κ2) is 8.81. The van der Waals surface area contributed by atoms with E-state index in [0.717, 1.165) is 12.1 Å². The smallest absolute Gasteiger partial charge is 0.418 e. The van der Waals surface area contributed by atoms with Gasteiger partial charge >= 0.3 is 6.18 Å². The SMILES string of the molecule is O=C(Cc1c(Cl)cccc1Cl)Nc1ccc(NC(=O)c2ccco2)cc1C(F)(F)F. The summed E-state index contributed by atoms with van der Waals surface area (Å²) in [5.41, 5.74) is -1.41. The van der Waals surface area contributed by atoms with Gasteiger partial charge in [0.25, 0.3) is 5.91 Å². The van der Waals surface area contributed by atoms with Crippen molar-refractivity contribution >= 4 is 46.4 Å². The van der Waals surface area contributed by atoms with Gasteiger partial charge in [-0.1, -0.05) is 29.3 Å². The van der Waals surface area contributed by atoms with Gasteiger partial charge < -0.3 is 15.1 Å². The molecule has 1 aromatic heterocycles. The third kappa shape index (κ3) is 5.14. The van der Waals surface area contributed by atoms with Crippen LogP contribution in [0.25, 0.3) is 0 Å². The zero-order valence-electron chi connectivity index (χ0n) is 15.0. The molecule has 2 N–H and O–H groups in total. The predicted molar refractivity (Wildman–Crippen MR) is 107 cm³/mol. The Balaban J connectivity index is 1.82. The van der Waals surface area contributed by atoms with Gasteiger partial charge in [-0.25, -0.2) is 0 Å². The lowest BCUT2D eigenvalue weighted by Crippen LogP contribution is -2.19. The molecule has 30 heavy (non-hydrogen) atoms. The molecule has 0 atom stereocenters. The van der Waals surface area contributed by atoms with Crippen LogP contribution in [-0.4, -0.2) is 11.8 Å². The summed E-state index contributed by atoms with van der Waals surface area (Å²) in [6.07, 6.45) is -3.83.